The summed E-state index contributed by atoms with van der Waals surface area (Å²) in [6, 6.07) is 15.3. The Morgan fingerprint density at radius 1 is 0.933 bits per heavy atom. The highest BCUT2D eigenvalue weighted by molar-refractivity contribution is 7.92. The molecule has 9 heteroatoms. The summed E-state index contributed by atoms with van der Waals surface area (Å²) in [7, 11) is -3.58. The lowest BCUT2D eigenvalue weighted by atomic mass is 10.1. The third-order valence-corrected chi connectivity index (χ3v) is 6.25. The molecular weight excluding hydrogens is 406 g/mol. The predicted octanol–water partition coefficient (Wildman–Crippen LogP) is 2.75. The van der Waals surface area contributed by atoms with Gasteiger partial charge in [0, 0.05) is 43.7 Å². The van der Waals surface area contributed by atoms with Gasteiger partial charge in [-0.3, -0.25) is 14.9 Å². The fraction of sp³-hybridized carbons (Fsp3) is 0.190. The molecule has 3 rings (SSSR count). The van der Waals surface area contributed by atoms with Gasteiger partial charge in [-0.25, -0.2) is 8.42 Å². The zero-order valence-electron chi connectivity index (χ0n) is 16.1. The highest BCUT2D eigenvalue weighted by Gasteiger charge is 2.26. The molecule has 0 saturated carbocycles. The number of hydrogen-bond acceptors (Lipinski definition) is 5. The smallest absolute Gasteiger partial charge is 0.276 e. The quantitative estimate of drug-likeness (QED) is 0.401. The van der Waals surface area contributed by atoms with E-state index in [2.05, 4.69) is 0 Å². The Bertz CT molecular complexity index is 1070. The van der Waals surface area contributed by atoms with Crippen LogP contribution in [-0.4, -0.2) is 54.6 Å². The van der Waals surface area contributed by atoms with Gasteiger partial charge >= 0.3 is 0 Å². The normalized spacial score (nSPS) is 15.7. The highest BCUT2D eigenvalue weighted by atomic mass is 32.2. The van der Waals surface area contributed by atoms with Gasteiger partial charge in [-0.2, -0.15) is 4.31 Å². The molecule has 1 aliphatic heterocycles. The summed E-state index contributed by atoms with van der Waals surface area (Å²) in [6.45, 7) is 0.871. The van der Waals surface area contributed by atoms with Crippen LogP contribution in [0.2, 0.25) is 0 Å². The van der Waals surface area contributed by atoms with Gasteiger partial charge in [-0.1, -0.05) is 42.5 Å². The summed E-state index contributed by atoms with van der Waals surface area (Å²) < 4.78 is 26.3. The molecule has 2 aromatic rings. The minimum absolute atomic E-state index is 0.0809. The number of nitrogens with zero attached hydrogens (tertiary/aromatic N) is 3. The third kappa shape index (κ3) is 5.40. The number of rotatable bonds is 6. The van der Waals surface area contributed by atoms with E-state index >= 15 is 0 Å². The molecule has 0 spiro atoms. The Balaban J connectivity index is 1.59. The van der Waals surface area contributed by atoms with Gasteiger partial charge in [0.25, 0.3) is 5.69 Å². The predicted molar refractivity (Wildman–Crippen MR) is 115 cm³/mol. The van der Waals surface area contributed by atoms with E-state index in [1.807, 2.05) is 30.3 Å². The number of sulfonamides is 1. The molecule has 1 saturated heterocycles. The maximum Gasteiger partial charge on any atom is 0.276 e. The fourth-order valence-electron chi connectivity index (χ4n) is 3.04. The highest BCUT2D eigenvalue weighted by Crippen LogP contribution is 2.19. The van der Waals surface area contributed by atoms with Crippen LogP contribution in [0.15, 0.2) is 66.1 Å². The fourth-order valence-corrected chi connectivity index (χ4v) is 4.21. The lowest BCUT2D eigenvalue weighted by Crippen LogP contribution is -2.49. The van der Waals surface area contributed by atoms with E-state index in [9.17, 15) is 23.3 Å². The Morgan fingerprint density at radius 2 is 1.57 bits per heavy atom. The SMILES string of the molecule is O=C(/C=C/c1ccccc1[N+](=O)[O-])N1CCN(S(=O)(=O)/C=C/c2ccccc2)CC1. The van der Waals surface area contributed by atoms with Crippen molar-refractivity contribution in [3.05, 3.63) is 87.3 Å². The van der Waals surface area contributed by atoms with Crippen LogP contribution < -0.4 is 0 Å². The van der Waals surface area contributed by atoms with Gasteiger partial charge in [0.15, 0.2) is 0 Å². The van der Waals surface area contributed by atoms with Crippen molar-refractivity contribution < 1.29 is 18.1 Å². The molecule has 0 N–H and O–H groups in total. The van der Waals surface area contributed by atoms with Crippen molar-refractivity contribution in [1.29, 1.82) is 0 Å². The van der Waals surface area contributed by atoms with Crippen LogP contribution in [0.25, 0.3) is 12.2 Å². The van der Waals surface area contributed by atoms with Gasteiger partial charge in [0.05, 0.1) is 10.5 Å². The second-order valence-corrected chi connectivity index (χ2v) is 8.45. The summed E-state index contributed by atoms with van der Waals surface area (Å²) in [4.78, 5) is 24.5. The molecule has 1 amide bonds. The largest absolute Gasteiger partial charge is 0.337 e. The van der Waals surface area contributed by atoms with Gasteiger partial charge in [0.1, 0.15) is 0 Å². The van der Waals surface area contributed by atoms with Crippen molar-refractivity contribution in [3.63, 3.8) is 0 Å². The number of hydrogen-bond donors (Lipinski definition) is 0. The van der Waals surface area contributed by atoms with Crippen molar-refractivity contribution >= 4 is 33.8 Å². The van der Waals surface area contributed by atoms with Crippen molar-refractivity contribution in [1.82, 2.24) is 9.21 Å². The first-order valence-electron chi connectivity index (χ1n) is 9.30. The van der Waals surface area contributed by atoms with E-state index < -0.39 is 14.9 Å². The summed E-state index contributed by atoms with van der Waals surface area (Å²) in [5, 5.41) is 12.2. The Kier molecular flexibility index (Phi) is 6.76. The van der Waals surface area contributed by atoms with E-state index in [0.29, 0.717) is 5.56 Å². The maximum absolute atomic E-state index is 12.5. The Labute approximate surface area is 174 Å². The van der Waals surface area contributed by atoms with Gasteiger partial charge < -0.3 is 4.90 Å². The minimum Gasteiger partial charge on any atom is -0.337 e. The van der Waals surface area contributed by atoms with Crippen LogP contribution in [0.1, 0.15) is 11.1 Å². The van der Waals surface area contributed by atoms with Crippen molar-refractivity contribution in [2.24, 2.45) is 0 Å². The number of benzene rings is 2. The van der Waals surface area contributed by atoms with Crippen LogP contribution in [0.4, 0.5) is 5.69 Å². The second-order valence-electron chi connectivity index (χ2n) is 6.63. The van der Waals surface area contributed by atoms with Crippen LogP contribution in [0, 0.1) is 10.1 Å². The summed E-state index contributed by atoms with van der Waals surface area (Å²) in [5.74, 6) is -0.315. The van der Waals surface area contributed by atoms with E-state index in [1.54, 1.807) is 24.3 Å². The first-order chi connectivity index (χ1) is 14.4. The van der Waals surface area contributed by atoms with Crippen LogP contribution in [-0.2, 0) is 14.8 Å². The van der Waals surface area contributed by atoms with E-state index in [0.717, 1.165) is 5.56 Å². The number of nitro benzene ring substituents is 1. The summed E-state index contributed by atoms with van der Waals surface area (Å²) >= 11 is 0. The second kappa shape index (κ2) is 9.47. The number of carbonyl (C=O) groups excluding carboxylic acids is 1. The van der Waals surface area contributed by atoms with Gasteiger partial charge in [0.2, 0.25) is 15.9 Å². The van der Waals surface area contributed by atoms with Crippen molar-refractivity contribution in [2.45, 2.75) is 0 Å². The molecule has 1 heterocycles. The average molecular weight is 427 g/mol. The van der Waals surface area contributed by atoms with Crippen molar-refractivity contribution in [3.8, 4) is 0 Å². The van der Waals surface area contributed by atoms with Crippen LogP contribution in [0.5, 0.6) is 0 Å². The summed E-state index contributed by atoms with van der Waals surface area (Å²) in [6.07, 6.45) is 4.23. The van der Waals surface area contributed by atoms with Gasteiger partial charge in [-0.05, 0) is 23.8 Å². The molecule has 1 aliphatic rings. The van der Waals surface area contributed by atoms with Gasteiger partial charge in [-0.15, -0.1) is 0 Å². The first-order valence-corrected chi connectivity index (χ1v) is 10.8. The molecule has 0 radical (unpaired) electrons. The van der Waals surface area contributed by atoms with E-state index in [1.165, 1.54) is 32.8 Å². The van der Waals surface area contributed by atoms with Crippen LogP contribution >= 0.6 is 0 Å². The topological polar surface area (TPSA) is 101 Å². The van der Waals surface area contributed by atoms with Crippen LogP contribution in [0.3, 0.4) is 0 Å². The molecular formula is C21H21N3O5S. The third-order valence-electron chi connectivity index (χ3n) is 4.68. The molecule has 0 aliphatic carbocycles. The average Bonchev–Trinajstić information content (AvgIpc) is 2.77. The standard InChI is InChI=1S/C21H21N3O5S/c25-21(11-10-19-8-4-5-9-20(19)24(26)27)22-13-15-23(16-14-22)30(28,29)17-12-18-6-2-1-3-7-18/h1-12,17H,13-16H2/b11-10+,17-12+. The molecule has 8 nitrogen and oxygen atoms in total. The molecule has 2 aromatic carbocycles. The molecule has 0 atom stereocenters. The number of piperazine rings is 1. The maximum atomic E-state index is 12.5. The lowest BCUT2D eigenvalue weighted by Gasteiger charge is -2.32. The lowest BCUT2D eigenvalue weighted by molar-refractivity contribution is -0.385. The van der Waals surface area contributed by atoms with E-state index in [-0.39, 0.29) is 37.8 Å². The molecule has 0 aromatic heterocycles. The molecule has 0 unspecified atom stereocenters. The molecule has 30 heavy (non-hydrogen) atoms. The molecule has 156 valence electrons. The summed E-state index contributed by atoms with van der Waals surface area (Å²) in [5.41, 5.74) is 1.04. The van der Waals surface area contributed by atoms with Crippen molar-refractivity contribution in [2.75, 3.05) is 26.2 Å². The zero-order chi connectivity index (χ0) is 21.6. The number of nitro groups is 1. The number of carbonyl (C=O) groups is 1. The Morgan fingerprint density at radius 3 is 2.23 bits per heavy atom. The minimum atomic E-state index is -3.58. The monoisotopic (exact) mass is 427 g/mol. The number of para-hydroxylation sites is 1. The number of amides is 1. The molecule has 1 fully saturated rings. The zero-order valence-corrected chi connectivity index (χ0v) is 16.9. The van der Waals surface area contributed by atoms with E-state index in [4.69, 9.17) is 0 Å². The Hall–Kier alpha value is -3.30. The first kappa shape index (κ1) is 21.4. The molecule has 0 bridgehead atoms.